The molecule has 0 radical (unpaired) electrons. The van der Waals surface area contributed by atoms with Gasteiger partial charge >= 0.3 is 0 Å². The van der Waals surface area contributed by atoms with Crippen molar-refractivity contribution in [3.8, 4) is 0 Å². The Bertz CT molecular complexity index is 602. The minimum absolute atomic E-state index is 0.0333. The van der Waals surface area contributed by atoms with Crippen molar-refractivity contribution in [2.24, 2.45) is 0 Å². The lowest BCUT2D eigenvalue weighted by Crippen LogP contribution is -2.37. The molecule has 104 valence electrons. The quantitative estimate of drug-likeness (QED) is 0.943. The van der Waals surface area contributed by atoms with Crippen molar-refractivity contribution in [3.63, 3.8) is 0 Å². The molecule has 1 atom stereocenters. The van der Waals surface area contributed by atoms with E-state index in [0.29, 0.717) is 6.54 Å². The van der Waals surface area contributed by atoms with Crippen LogP contribution in [0.4, 0.5) is 9.52 Å². The maximum absolute atomic E-state index is 13.5. The van der Waals surface area contributed by atoms with E-state index in [1.165, 1.54) is 12.1 Å². The SMILES string of the molecule is O=C(N[C@@H]1CCN(c2nccs2)C1)c1ccccc1F. The van der Waals surface area contributed by atoms with Crippen molar-refractivity contribution < 1.29 is 9.18 Å². The highest BCUT2D eigenvalue weighted by molar-refractivity contribution is 7.13. The number of carbonyl (C=O) groups is 1. The highest BCUT2D eigenvalue weighted by atomic mass is 32.1. The highest BCUT2D eigenvalue weighted by Gasteiger charge is 2.26. The fourth-order valence-electron chi connectivity index (χ4n) is 2.33. The first-order valence-corrected chi connectivity index (χ1v) is 7.32. The minimum Gasteiger partial charge on any atom is -0.347 e. The molecule has 1 aliphatic heterocycles. The summed E-state index contributed by atoms with van der Waals surface area (Å²) >= 11 is 1.58. The smallest absolute Gasteiger partial charge is 0.254 e. The molecule has 3 rings (SSSR count). The summed E-state index contributed by atoms with van der Waals surface area (Å²) < 4.78 is 13.5. The molecule has 0 saturated carbocycles. The Balaban J connectivity index is 1.62. The third-order valence-corrected chi connectivity index (χ3v) is 4.16. The Morgan fingerprint density at radius 2 is 2.30 bits per heavy atom. The molecule has 1 aliphatic rings. The second-order valence-electron chi connectivity index (χ2n) is 4.70. The Morgan fingerprint density at radius 1 is 1.45 bits per heavy atom. The molecule has 0 aliphatic carbocycles. The van der Waals surface area contributed by atoms with Gasteiger partial charge in [0, 0.05) is 30.7 Å². The van der Waals surface area contributed by atoms with E-state index in [0.717, 1.165) is 18.1 Å². The third-order valence-electron chi connectivity index (χ3n) is 3.33. The lowest BCUT2D eigenvalue weighted by molar-refractivity contribution is 0.0936. The van der Waals surface area contributed by atoms with Crippen LogP contribution < -0.4 is 10.2 Å². The summed E-state index contributed by atoms with van der Waals surface area (Å²) in [6.45, 7) is 1.57. The summed E-state index contributed by atoms with van der Waals surface area (Å²) in [5, 5.41) is 5.78. The second-order valence-corrected chi connectivity index (χ2v) is 5.57. The van der Waals surface area contributed by atoms with E-state index < -0.39 is 5.82 Å². The molecule has 1 aromatic carbocycles. The number of nitrogens with zero attached hydrogens (tertiary/aromatic N) is 2. The van der Waals surface area contributed by atoms with E-state index in [1.54, 1.807) is 29.7 Å². The fraction of sp³-hybridized carbons (Fsp3) is 0.286. The van der Waals surface area contributed by atoms with Crippen LogP contribution in [-0.4, -0.2) is 30.0 Å². The molecule has 1 aromatic heterocycles. The van der Waals surface area contributed by atoms with Gasteiger partial charge in [0.15, 0.2) is 5.13 Å². The number of benzene rings is 1. The van der Waals surface area contributed by atoms with E-state index in [2.05, 4.69) is 15.2 Å². The van der Waals surface area contributed by atoms with Crippen LogP contribution in [0.25, 0.3) is 0 Å². The summed E-state index contributed by atoms with van der Waals surface area (Å²) in [6.07, 6.45) is 2.62. The molecule has 2 aromatic rings. The zero-order valence-electron chi connectivity index (χ0n) is 10.8. The summed E-state index contributed by atoms with van der Waals surface area (Å²) in [7, 11) is 0. The van der Waals surface area contributed by atoms with E-state index in [1.807, 2.05) is 5.38 Å². The molecule has 1 N–H and O–H groups in total. The largest absolute Gasteiger partial charge is 0.347 e. The van der Waals surface area contributed by atoms with Crippen LogP contribution in [0.3, 0.4) is 0 Å². The van der Waals surface area contributed by atoms with Crippen LogP contribution in [0.1, 0.15) is 16.8 Å². The number of aromatic nitrogens is 1. The lowest BCUT2D eigenvalue weighted by atomic mass is 10.1. The molecule has 0 spiro atoms. The number of thiazole rings is 1. The van der Waals surface area contributed by atoms with Gasteiger partial charge in [-0.15, -0.1) is 11.3 Å². The summed E-state index contributed by atoms with van der Waals surface area (Å²) in [5.41, 5.74) is 0.0974. The maximum Gasteiger partial charge on any atom is 0.254 e. The van der Waals surface area contributed by atoms with Gasteiger partial charge in [-0.1, -0.05) is 12.1 Å². The maximum atomic E-state index is 13.5. The van der Waals surface area contributed by atoms with E-state index in [9.17, 15) is 9.18 Å². The summed E-state index contributed by atoms with van der Waals surface area (Å²) in [5.74, 6) is -0.839. The van der Waals surface area contributed by atoms with E-state index in [4.69, 9.17) is 0 Å². The van der Waals surface area contributed by atoms with Gasteiger partial charge in [0.05, 0.1) is 5.56 Å². The van der Waals surface area contributed by atoms with Crippen molar-refractivity contribution in [2.75, 3.05) is 18.0 Å². The van der Waals surface area contributed by atoms with Crippen molar-refractivity contribution >= 4 is 22.4 Å². The minimum atomic E-state index is -0.486. The molecule has 1 fully saturated rings. The molecule has 6 heteroatoms. The topological polar surface area (TPSA) is 45.2 Å². The number of carbonyl (C=O) groups excluding carboxylic acids is 1. The zero-order chi connectivity index (χ0) is 13.9. The number of halogens is 1. The van der Waals surface area contributed by atoms with Gasteiger partial charge in [0.1, 0.15) is 5.82 Å². The van der Waals surface area contributed by atoms with Crippen molar-refractivity contribution in [1.29, 1.82) is 0 Å². The van der Waals surface area contributed by atoms with Crippen LogP contribution in [0.2, 0.25) is 0 Å². The first kappa shape index (κ1) is 13.1. The van der Waals surface area contributed by atoms with Crippen LogP contribution >= 0.6 is 11.3 Å². The standard InChI is InChI=1S/C14H14FN3OS/c15-12-4-2-1-3-11(12)13(19)17-10-5-7-18(9-10)14-16-6-8-20-14/h1-4,6,8,10H,5,7,9H2,(H,17,19)/t10-/m1/s1. The summed E-state index contributed by atoms with van der Waals surface area (Å²) in [4.78, 5) is 18.4. The molecule has 1 amide bonds. The molecule has 4 nitrogen and oxygen atoms in total. The molecule has 0 bridgehead atoms. The highest BCUT2D eigenvalue weighted by Crippen LogP contribution is 2.22. The number of hydrogen-bond acceptors (Lipinski definition) is 4. The predicted octanol–water partition coefficient (Wildman–Crippen LogP) is 2.29. The average Bonchev–Trinajstić information content (AvgIpc) is 3.09. The normalized spacial score (nSPS) is 18.2. The number of hydrogen-bond donors (Lipinski definition) is 1. The molecular formula is C14H14FN3OS. The fourth-order valence-corrected chi connectivity index (χ4v) is 3.01. The van der Waals surface area contributed by atoms with Gasteiger partial charge in [0.2, 0.25) is 0 Å². The van der Waals surface area contributed by atoms with Gasteiger partial charge in [-0.3, -0.25) is 4.79 Å². The molecule has 0 unspecified atom stereocenters. The van der Waals surface area contributed by atoms with Gasteiger partial charge in [-0.2, -0.15) is 0 Å². The molecule has 20 heavy (non-hydrogen) atoms. The zero-order valence-corrected chi connectivity index (χ0v) is 11.6. The Kier molecular flexibility index (Phi) is 3.64. The van der Waals surface area contributed by atoms with Gasteiger partial charge < -0.3 is 10.2 Å². The number of anilines is 1. The molecule has 1 saturated heterocycles. The third kappa shape index (κ3) is 2.65. The Hall–Kier alpha value is -1.95. The van der Waals surface area contributed by atoms with Crippen LogP contribution in [-0.2, 0) is 0 Å². The first-order valence-electron chi connectivity index (χ1n) is 6.44. The summed E-state index contributed by atoms with van der Waals surface area (Å²) in [6, 6.07) is 6.07. The Morgan fingerprint density at radius 3 is 3.05 bits per heavy atom. The van der Waals surface area contributed by atoms with Crippen molar-refractivity contribution in [3.05, 3.63) is 47.2 Å². The number of rotatable bonds is 3. The predicted molar refractivity (Wildman–Crippen MR) is 76.6 cm³/mol. The number of nitrogens with one attached hydrogen (secondary N) is 1. The van der Waals surface area contributed by atoms with Crippen molar-refractivity contribution in [1.82, 2.24) is 10.3 Å². The van der Waals surface area contributed by atoms with Crippen molar-refractivity contribution in [2.45, 2.75) is 12.5 Å². The van der Waals surface area contributed by atoms with Gasteiger partial charge in [-0.25, -0.2) is 9.37 Å². The van der Waals surface area contributed by atoms with E-state index >= 15 is 0 Å². The van der Waals surface area contributed by atoms with Gasteiger partial charge in [0.25, 0.3) is 5.91 Å². The van der Waals surface area contributed by atoms with Gasteiger partial charge in [-0.05, 0) is 18.6 Å². The number of amides is 1. The lowest BCUT2D eigenvalue weighted by Gasteiger charge is -2.15. The van der Waals surface area contributed by atoms with Crippen LogP contribution in [0, 0.1) is 5.82 Å². The van der Waals surface area contributed by atoms with Crippen LogP contribution in [0.5, 0.6) is 0 Å². The first-order chi connectivity index (χ1) is 9.74. The molecular weight excluding hydrogens is 277 g/mol. The van der Waals surface area contributed by atoms with Crippen LogP contribution in [0.15, 0.2) is 35.8 Å². The second kappa shape index (κ2) is 5.58. The Labute approximate surface area is 120 Å². The average molecular weight is 291 g/mol. The molecule has 2 heterocycles. The monoisotopic (exact) mass is 291 g/mol. The van der Waals surface area contributed by atoms with E-state index in [-0.39, 0.29) is 17.5 Å².